The molecule has 1 aromatic heterocycles. The molecule has 0 saturated heterocycles. The maximum atomic E-state index is 4.17. The summed E-state index contributed by atoms with van der Waals surface area (Å²) in [5.41, 5.74) is 1.33. The Morgan fingerprint density at radius 3 is 3.00 bits per heavy atom. The molecule has 0 bridgehead atoms. The van der Waals surface area contributed by atoms with Gasteiger partial charge in [-0.1, -0.05) is 6.92 Å². The van der Waals surface area contributed by atoms with Gasteiger partial charge in [-0.25, -0.2) is 0 Å². The summed E-state index contributed by atoms with van der Waals surface area (Å²) in [6.07, 6.45) is 9.25. The average Bonchev–Trinajstić information content (AvgIpc) is 2.76. The van der Waals surface area contributed by atoms with Crippen molar-refractivity contribution in [3.05, 3.63) is 18.0 Å². The van der Waals surface area contributed by atoms with E-state index >= 15 is 0 Å². The predicted octanol–water partition coefficient (Wildman–Crippen LogP) is 1.74. The van der Waals surface area contributed by atoms with E-state index in [9.17, 15) is 0 Å². The first-order valence-corrected chi connectivity index (χ1v) is 5.95. The number of hydrogen-bond donors (Lipinski definition) is 1. The zero-order valence-electron chi connectivity index (χ0n) is 9.74. The molecule has 1 saturated carbocycles. The van der Waals surface area contributed by atoms with Gasteiger partial charge in [0.1, 0.15) is 0 Å². The van der Waals surface area contributed by atoms with Crippen LogP contribution in [0.1, 0.15) is 31.7 Å². The lowest BCUT2D eigenvalue weighted by Crippen LogP contribution is -2.28. The van der Waals surface area contributed by atoms with Gasteiger partial charge in [0, 0.05) is 19.3 Å². The number of aromatic nitrogens is 2. The Balaban J connectivity index is 1.67. The molecule has 3 nitrogen and oxygen atoms in total. The van der Waals surface area contributed by atoms with Crippen molar-refractivity contribution in [2.45, 2.75) is 38.6 Å². The number of rotatable bonds is 4. The molecule has 0 aromatic carbocycles. The van der Waals surface area contributed by atoms with Crippen LogP contribution in [0.25, 0.3) is 0 Å². The lowest BCUT2D eigenvalue weighted by atomic mass is 10.1. The van der Waals surface area contributed by atoms with Crippen LogP contribution in [0.2, 0.25) is 0 Å². The molecule has 3 heteroatoms. The highest BCUT2D eigenvalue weighted by Crippen LogP contribution is 2.24. The summed E-state index contributed by atoms with van der Waals surface area (Å²) in [5.74, 6) is 0.917. The van der Waals surface area contributed by atoms with Crippen LogP contribution in [0.5, 0.6) is 0 Å². The molecule has 1 heterocycles. The Morgan fingerprint density at radius 1 is 1.53 bits per heavy atom. The van der Waals surface area contributed by atoms with Crippen molar-refractivity contribution in [1.82, 2.24) is 15.1 Å². The van der Waals surface area contributed by atoms with E-state index in [-0.39, 0.29) is 0 Å². The number of hydrogen-bond acceptors (Lipinski definition) is 2. The van der Waals surface area contributed by atoms with Gasteiger partial charge < -0.3 is 5.32 Å². The molecule has 1 aliphatic carbocycles. The fourth-order valence-corrected chi connectivity index (χ4v) is 2.41. The molecule has 2 atom stereocenters. The van der Waals surface area contributed by atoms with E-state index in [1.54, 1.807) is 0 Å². The maximum Gasteiger partial charge on any atom is 0.0522 e. The molecule has 1 fully saturated rings. The van der Waals surface area contributed by atoms with E-state index in [2.05, 4.69) is 23.5 Å². The third kappa shape index (κ3) is 3.06. The Morgan fingerprint density at radius 2 is 2.40 bits per heavy atom. The van der Waals surface area contributed by atoms with E-state index < -0.39 is 0 Å². The van der Waals surface area contributed by atoms with Crippen LogP contribution in [0.4, 0.5) is 0 Å². The Kier molecular flexibility index (Phi) is 3.41. The van der Waals surface area contributed by atoms with Crippen molar-refractivity contribution < 1.29 is 0 Å². The highest BCUT2D eigenvalue weighted by molar-refractivity contribution is 5.04. The zero-order valence-corrected chi connectivity index (χ0v) is 9.74. The van der Waals surface area contributed by atoms with E-state index in [0.29, 0.717) is 0 Å². The molecule has 1 aromatic rings. The molecule has 2 rings (SSSR count). The second-order valence-electron chi connectivity index (χ2n) is 4.84. The third-order valence-electron chi connectivity index (χ3n) is 3.30. The first-order valence-electron chi connectivity index (χ1n) is 5.95. The van der Waals surface area contributed by atoms with Gasteiger partial charge in [0.15, 0.2) is 0 Å². The van der Waals surface area contributed by atoms with Gasteiger partial charge >= 0.3 is 0 Å². The monoisotopic (exact) mass is 207 g/mol. The van der Waals surface area contributed by atoms with Gasteiger partial charge in [0.05, 0.1) is 6.20 Å². The Hall–Kier alpha value is -0.830. The van der Waals surface area contributed by atoms with Crippen LogP contribution in [0.3, 0.4) is 0 Å². The van der Waals surface area contributed by atoms with E-state index in [1.807, 2.05) is 17.9 Å². The van der Waals surface area contributed by atoms with E-state index in [4.69, 9.17) is 0 Å². The Bertz CT molecular complexity index is 306. The molecule has 15 heavy (non-hydrogen) atoms. The van der Waals surface area contributed by atoms with Crippen LogP contribution in [-0.4, -0.2) is 22.4 Å². The zero-order chi connectivity index (χ0) is 10.7. The SMILES string of the molecule is CC1CCC(NCCc2cnn(C)c2)C1. The van der Waals surface area contributed by atoms with Gasteiger partial charge in [-0.3, -0.25) is 4.68 Å². The minimum absolute atomic E-state index is 0.761. The summed E-state index contributed by atoms with van der Waals surface area (Å²) < 4.78 is 1.87. The lowest BCUT2D eigenvalue weighted by Gasteiger charge is -2.11. The van der Waals surface area contributed by atoms with Crippen molar-refractivity contribution in [2.75, 3.05) is 6.54 Å². The third-order valence-corrected chi connectivity index (χ3v) is 3.30. The second-order valence-corrected chi connectivity index (χ2v) is 4.84. The molecule has 1 aliphatic rings. The average molecular weight is 207 g/mol. The minimum Gasteiger partial charge on any atom is -0.314 e. The molecular weight excluding hydrogens is 186 g/mol. The van der Waals surface area contributed by atoms with Crippen molar-refractivity contribution in [3.8, 4) is 0 Å². The molecule has 0 spiro atoms. The molecular formula is C12H21N3. The van der Waals surface area contributed by atoms with Crippen molar-refractivity contribution in [3.63, 3.8) is 0 Å². The molecule has 1 N–H and O–H groups in total. The van der Waals surface area contributed by atoms with Gasteiger partial charge in [0.25, 0.3) is 0 Å². The van der Waals surface area contributed by atoms with Crippen LogP contribution in [-0.2, 0) is 13.5 Å². The Labute approximate surface area is 91.9 Å². The van der Waals surface area contributed by atoms with Crippen LogP contribution in [0, 0.1) is 5.92 Å². The molecule has 84 valence electrons. The first-order chi connectivity index (χ1) is 7.24. The molecule has 0 aliphatic heterocycles. The second kappa shape index (κ2) is 4.79. The van der Waals surface area contributed by atoms with Crippen molar-refractivity contribution in [2.24, 2.45) is 13.0 Å². The first kappa shape index (κ1) is 10.7. The van der Waals surface area contributed by atoms with E-state index in [0.717, 1.165) is 24.9 Å². The number of nitrogens with zero attached hydrogens (tertiary/aromatic N) is 2. The predicted molar refractivity (Wildman–Crippen MR) is 61.7 cm³/mol. The smallest absolute Gasteiger partial charge is 0.0522 e. The highest BCUT2D eigenvalue weighted by atomic mass is 15.2. The van der Waals surface area contributed by atoms with Gasteiger partial charge in [0.2, 0.25) is 0 Å². The fourth-order valence-electron chi connectivity index (χ4n) is 2.41. The summed E-state index contributed by atoms with van der Waals surface area (Å²) in [4.78, 5) is 0. The number of nitrogens with one attached hydrogen (secondary N) is 1. The van der Waals surface area contributed by atoms with Crippen molar-refractivity contribution in [1.29, 1.82) is 0 Å². The molecule has 2 unspecified atom stereocenters. The van der Waals surface area contributed by atoms with Gasteiger partial charge in [-0.05, 0) is 43.7 Å². The topological polar surface area (TPSA) is 29.9 Å². The molecule has 0 amide bonds. The molecule has 0 radical (unpaired) electrons. The fraction of sp³-hybridized carbons (Fsp3) is 0.750. The normalized spacial score (nSPS) is 26.0. The summed E-state index contributed by atoms with van der Waals surface area (Å²) in [7, 11) is 1.97. The van der Waals surface area contributed by atoms with Gasteiger partial charge in [-0.15, -0.1) is 0 Å². The number of aryl methyl sites for hydroxylation is 1. The van der Waals surface area contributed by atoms with E-state index in [1.165, 1.54) is 24.8 Å². The van der Waals surface area contributed by atoms with Crippen LogP contribution in [0.15, 0.2) is 12.4 Å². The van der Waals surface area contributed by atoms with Crippen molar-refractivity contribution >= 4 is 0 Å². The quantitative estimate of drug-likeness (QED) is 0.815. The lowest BCUT2D eigenvalue weighted by molar-refractivity contribution is 0.505. The largest absolute Gasteiger partial charge is 0.314 e. The van der Waals surface area contributed by atoms with Crippen LogP contribution < -0.4 is 5.32 Å². The summed E-state index contributed by atoms with van der Waals surface area (Å²) in [5, 5.41) is 7.80. The standard InChI is InChI=1S/C12H21N3/c1-10-3-4-12(7-10)13-6-5-11-8-14-15(2)9-11/h8-10,12-13H,3-7H2,1-2H3. The highest BCUT2D eigenvalue weighted by Gasteiger charge is 2.20. The minimum atomic E-state index is 0.761. The summed E-state index contributed by atoms with van der Waals surface area (Å²) in [6.45, 7) is 3.44. The van der Waals surface area contributed by atoms with Crippen LogP contribution >= 0.6 is 0 Å². The summed E-state index contributed by atoms with van der Waals surface area (Å²) >= 11 is 0. The maximum absolute atomic E-state index is 4.17. The van der Waals surface area contributed by atoms with Gasteiger partial charge in [-0.2, -0.15) is 5.10 Å². The summed E-state index contributed by atoms with van der Waals surface area (Å²) in [6, 6.07) is 0.761.